The summed E-state index contributed by atoms with van der Waals surface area (Å²) in [6.45, 7) is 4.85. The molecule has 3 aromatic carbocycles. The number of hydrogen-bond donors (Lipinski definition) is 1. The van der Waals surface area contributed by atoms with Crippen LogP contribution in [0.1, 0.15) is 27.9 Å². The van der Waals surface area contributed by atoms with Crippen molar-refractivity contribution in [3.63, 3.8) is 0 Å². The summed E-state index contributed by atoms with van der Waals surface area (Å²) in [6.07, 6.45) is 3.23. The molecule has 6 nitrogen and oxygen atoms in total. The lowest BCUT2D eigenvalue weighted by Crippen LogP contribution is -2.10. The van der Waals surface area contributed by atoms with Gasteiger partial charge in [-0.3, -0.25) is 9.48 Å². The number of hydrogen-bond acceptors (Lipinski definition) is 4. The van der Waals surface area contributed by atoms with E-state index in [9.17, 15) is 4.79 Å². The van der Waals surface area contributed by atoms with Gasteiger partial charge in [-0.1, -0.05) is 53.6 Å². The van der Waals surface area contributed by atoms with Crippen LogP contribution in [0, 0.1) is 13.8 Å². The van der Waals surface area contributed by atoms with Crippen molar-refractivity contribution in [3.05, 3.63) is 112 Å². The molecule has 4 rings (SSSR count). The number of rotatable bonds is 9. The number of ether oxygens (including phenoxy) is 2. The molecule has 0 unspecified atom stereocenters. The Bertz CT molecular complexity index is 1380. The van der Waals surface area contributed by atoms with Gasteiger partial charge >= 0.3 is 0 Å². The number of nitrogens with one attached hydrogen (secondary N) is 1. The molecule has 184 valence electrons. The molecule has 1 aromatic heterocycles. The van der Waals surface area contributed by atoms with Gasteiger partial charge in [-0.25, -0.2) is 0 Å². The first-order valence-electron chi connectivity index (χ1n) is 11.5. The third-order valence-corrected chi connectivity index (χ3v) is 6.03. The first-order valence-corrected chi connectivity index (χ1v) is 11.9. The summed E-state index contributed by atoms with van der Waals surface area (Å²) < 4.78 is 13.2. The molecule has 0 aliphatic carbocycles. The first kappa shape index (κ1) is 25.1. The maximum Gasteiger partial charge on any atom is 0.249 e. The third kappa shape index (κ3) is 6.55. The Kier molecular flexibility index (Phi) is 8.08. The van der Waals surface area contributed by atoms with E-state index in [1.165, 1.54) is 11.6 Å². The van der Waals surface area contributed by atoms with Crippen molar-refractivity contribution >= 4 is 29.4 Å². The molecule has 7 heteroatoms. The Morgan fingerprint density at radius 3 is 2.56 bits per heavy atom. The number of amides is 1. The lowest BCUT2D eigenvalue weighted by Gasteiger charge is -2.11. The Morgan fingerprint density at radius 2 is 1.81 bits per heavy atom. The summed E-state index contributed by atoms with van der Waals surface area (Å²) in [4.78, 5) is 12.5. The van der Waals surface area contributed by atoms with Gasteiger partial charge in [0.15, 0.2) is 5.82 Å². The van der Waals surface area contributed by atoms with Gasteiger partial charge in [-0.15, -0.1) is 0 Å². The van der Waals surface area contributed by atoms with E-state index in [0.717, 1.165) is 33.9 Å². The average Bonchev–Trinajstić information content (AvgIpc) is 3.22. The molecule has 0 saturated carbocycles. The first-order chi connectivity index (χ1) is 17.4. The zero-order valence-electron chi connectivity index (χ0n) is 20.5. The van der Waals surface area contributed by atoms with Crippen LogP contribution in [0.4, 0.5) is 5.82 Å². The Balaban J connectivity index is 1.40. The van der Waals surface area contributed by atoms with Gasteiger partial charge in [0.1, 0.15) is 18.1 Å². The molecule has 0 saturated heterocycles. The summed E-state index contributed by atoms with van der Waals surface area (Å²) in [5.74, 6) is 1.72. The normalized spacial score (nSPS) is 11.0. The highest BCUT2D eigenvalue weighted by atomic mass is 35.5. The van der Waals surface area contributed by atoms with Gasteiger partial charge in [-0.05, 0) is 61.4 Å². The lowest BCUT2D eigenvalue weighted by molar-refractivity contribution is -0.111. The molecule has 0 spiro atoms. The van der Waals surface area contributed by atoms with Crippen LogP contribution in [0.2, 0.25) is 5.02 Å². The van der Waals surface area contributed by atoms with Gasteiger partial charge in [0.05, 0.1) is 13.7 Å². The van der Waals surface area contributed by atoms with Gasteiger partial charge in [0.25, 0.3) is 0 Å². The number of aryl methyl sites for hydroxylation is 2. The summed E-state index contributed by atoms with van der Waals surface area (Å²) in [6, 6.07) is 23.1. The third-order valence-electron chi connectivity index (χ3n) is 5.66. The minimum absolute atomic E-state index is 0.273. The number of benzene rings is 3. The van der Waals surface area contributed by atoms with E-state index in [-0.39, 0.29) is 5.91 Å². The van der Waals surface area contributed by atoms with Crippen molar-refractivity contribution in [2.45, 2.75) is 27.0 Å². The van der Waals surface area contributed by atoms with Crippen LogP contribution < -0.4 is 14.8 Å². The predicted molar refractivity (Wildman–Crippen MR) is 144 cm³/mol. The van der Waals surface area contributed by atoms with E-state index in [0.29, 0.717) is 24.0 Å². The minimum atomic E-state index is -0.273. The van der Waals surface area contributed by atoms with Crippen molar-refractivity contribution in [3.8, 4) is 11.5 Å². The molecule has 1 amide bonds. The molecule has 4 aromatic rings. The predicted octanol–water partition coefficient (Wildman–Crippen LogP) is 6.44. The van der Waals surface area contributed by atoms with E-state index in [2.05, 4.69) is 10.4 Å². The number of halogens is 1. The molecule has 36 heavy (non-hydrogen) atoms. The molecule has 1 heterocycles. The number of nitrogens with zero attached hydrogens (tertiary/aromatic N) is 2. The van der Waals surface area contributed by atoms with Gasteiger partial charge in [0.2, 0.25) is 5.91 Å². The second-order valence-corrected chi connectivity index (χ2v) is 8.82. The number of carbonyl (C=O) groups is 1. The van der Waals surface area contributed by atoms with Crippen molar-refractivity contribution in [2.24, 2.45) is 0 Å². The topological polar surface area (TPSA) is 65.4 Å². The number of carbonyl (C=O) groups excluding carboxylic acids is 1. The van der Waals surface area contributed by atoms with Crippen molar-refractivity contribution < 1.29 is 14.3 Å². The smallest absolute Gasteiger partial charge is 0.249 e. The van der Waals surface area contributed by atoms with E-state index in [4.69, 9.17) is 21.1 Å². The summed E-state index contributed by atoms with van der Waals surface area (Å²) in [5.41, 5.74) is 4.80. The molecule has 0 aliphatic heterocycles. The fourth-order valence-electron chi connectivity index (χ4n) is 3.67. The molecule has 0 aliphatic rings. The fraction of sp³-hybridized carbons (Fsp3) is 0.172. The summed E-state index contributed by atoms with van der Waals surface area (Å²) in [5, 5.41) is 8.00. The highest BCUT2D eigenvalue weighted by molar-refractivity contribution is 6.31. The molecule has 0 radical (unpaired) electrons. The van der Waals surface area contributed by atoms with Gasteiger partial charge in [-0.2, -0.15) is 5.10 Å². The fourth-order valence-corrected chi connectivity index (χ4v) is 3.87. The number of methoxy groups -OCH3 is 1. The Hall–Kier alpha value is -4.03. The van der Waals surface area contributed by atoms with Gasteiger partial charge < -0.3 is 14.8 Å². The summed E-state index contributed by atoms with van der Waals surface area (Å²) >= 11 is 6.27. The maximum atomic E-state index is 12.5. The lowest BCUT2D eigenvalue weighted by atomic mass is 10.1. The second-order valence-electron chi connectivity index (χ2n) is 8.42. The molecule has 1 N–H and O–H groups in total. The highest BCUT2D eigenvalue weighted by Crippen LogP contribution is 2.23. The largest absolute Gasteiger partial charge is 0.496 e. The quantitative estimate of drug-likeness (QED) is 0.268. The van der Waals surface area contributed by atoms with Crippen LogP contribution in [0.25, 0.3) is 6.08 Å². The second kappa shape index (κ2) is 11.6. The van der Waals surface area contributed by atoms with Crippen LogP contribution in [-0.4, -0.2) is 22.8 Å². The van der Waals surface area contributed by atoms with E-state index >= 15 is 0 Å². The van der Waals surface area contributed by atoms with Crippen molar-refractivity contribution in [1.82, 2.24) is 9.78 Å². The van der Waals surface area contributed by atoms with E-state index < -0.39 is 0 Å². The SMILES string of the molecule is COc1ccc(/C=C/C(=O)Nc2cc(C)n(Cc3ccccc3Cl)n2)cc1COc1ccc(C)cc1. The monoisotopic (exact) mass is 501 g/mol. The summed E-state index contributed by atoms with van der Waals surface area (Å²) in [7, 11) is 1.63. The maximum absolute atomic E-state index is 12.5. The molecule has 0 bridgehead atoms. The van der Waals surface area contributed by atoms with E-state index in [1.54, 1.807) is 13.2 Å². The van der Waals surface area contributed by atoms with Crippen LogP contribution in [0.3, 0.4) is 0 Å². The van der Waals surface area contributed by atoms with Crippen molar-refractivity contribution in [1.29, 1.82) is 0 Å². The molecular formula is C29H28ClN3O3. The van der Waals surface area contributed by atoms with E-state index in [1.807, 2.05) is 91.3 Å². The van der Waals surface area contributed by atoms with Crippen LogP contribution in [0.5, 0.6) is 11.5 Å². The molecule has 0 atom stereocenters. The van der Waals surface area contributed by atoms with Crippen LogP contribution >= 0.6 is 11.6 Å². The van der Waals surface area contributed by atoms with Crippen molar-refractivity contribution in [2.75, 3.05) is 12.4 Å². The minimum Gasteiger partial charge on any atom is -0.496 e. The average molecular weight is 502 g/mol. The Morgan fingerprint density at radius 1 is 1.03 bits per heavy atom. The zero-order chi connectivity index (χ0) is 25.5. The standard InChI is InChI=1S/C29H28ClN3O3/c1-20-8-12-25(13-9-20)36-19-24-17-22(10-14-27(24)35-3)11-15-29(34)31-28-16-21(2)33(32-28)18-23-6-4-5-7-26(23)30/h4-17H,18-19H2,1-3H3,(H,31,32,34)/b15-11+. The highest BCUT2D eigenvalue weighted by Gasteiger charge is 2.09. The van der Waals surface area contributed by atoms with Crippen LogP contribution in [0.15, 0.2) is 78.9 Å². The zero-order valence-corrected chi connectivity index (χ0v) is 21.3. The Labute approximate surface area is 216 Å². The molecular weight excluding hydrogens is 474 g/mol. The van der Waals surface area contributed by atoms with Crippen LogP contribution in [-0.2, 0) is 17.9 Å². The number of anilines is 1. The molecule has 0 fully saturated rings. The number of aromatic nitrogens is 2. The van der Waals surface area contributed by atoms with Gasteiger partial charge in [0, 0.05) is 28.4 Å².